The highest BCUT2D eigenvalue weighted by atomic mass is 16.4. The first-order valence-electron chi connectivity index (χ1n) is 5.98. The zero-order chi connectivity index (χ0) is 14.1. The molecule has 0 spiro atoms. The van der Waals surface area contributed by atoms with Gasteiger partial charge in [0, 0.05) is 5.56 Å². The number of fused-ring (bicyclic) bond motifs is 1. The maximum Gasteiger partial charge on any atom is 0.335 e. The Balaban J connectivity index is 2.24. The maximum atomic E-state index is 12.0. The highest BCUT2D eigenvalue weighted by molar-refractivity contribution is 5.89. The molecular formula is C15H10N2O3. The van der Waals surface area contributed by atoms with Crippen LogP contribution in [-0.4, -0.2) is 21.0 Å². The number of H-pyrrole nitrogens is 1. The monoisotopic (exact) mass is 266 g/mol. The lowest BCUT2D eigenvalue weighted by Crippen LogP contribution is -2.11. The summed E-state index contributed by atoms with van der Waals surface area (Å²) in [6.07, 6.45) is 0. The van der Waals surface area contributed by atoms with Crippen molar-refractivity contribution in [2.45, 2.75) is 0 Å². The summed E-state index contributed by atoms with van der Waals surface area (Å²) in [5.74, 6) is -1.04. The van der Waals surface area contributed by atoms with Crippen LogP contribution in [0.3, 0.4) is 0 Å². The van der Waals surface area contributed by atoms with Crippen LogP contribution in [0, 0.1) is 0 Å². The predicted octanol–water partition coefficient (Wildman–Crippen LogP) is 2.29. The van der Waals surface area contributed by atoms with E-state index in [-0.39, 0.29) is 16.8 Å². The number of hydrogen-bond donors (Lipinski definition) is 2. The fourth-order valence-electron chi connectivity index (χ4n) is 2.02. The second-order valence-corrected chi connectivity index (χ2v) is 4.32. The summed E-state index contributed by atoms with van der Waals surface area (Å²) in [7, 11) is 0. The van der Waals surface area contributed by atoms with Crippen molar-refractivity contribution in [1.82, 2.24) is 9.97 Å². The topological polar surface area (TPSA) is 83.0 Å². The lowest BCUT2D eigenvalue weighted by atomic mass is 10.1. The number of carboxylic acid groups (broad SMARTS) is 1. The van der Waals surface area contributed by atoms with Crippen molar-refractivity contribution in [3.8, 4) is 11.3 Å². The third kappa shape index (κ3) is 2.05. The van der Waals surface area contributed by atoms with Crippen molar-refractivity contribution in [3.05, 3.63) is 64.4 Å². The summed E-state index contributed by atoms with van der Waals surface area (Å²) in [6.45, 7) is 0. The van der Waals surface area contributed by atoms with Gasteiger partial charge in [-0.15, -0.1) is 0 Å². The Bertz CT molecular complexity index is 868. The van der Waals surface area contributed by atoms with E-state index >= 15 is 0 Å². The van der Waals surface area contributed by atoms with Gasteiger partial charge in [0.1, 0.15) is 5.69 Å². The van der Waals surface area contributed by atoms with Crippen molar-refractivity contribution < 1.29 is 9.90 Å². The van der Waals surface area contributed by atoms with Gasteiger partial charge >= 0.3 is 5.97 Å². The fraction of sp³-hybridized carbons (Fsp3) is 0. The van der Waals surface area contributed by atoms with Crippen molar-refractivity contribution in [2.75, 3.05) is 0 Å². The number of aromatic nitrogens is 2. The van der Waals surface area contributed by atoms with E-state index in [4.69, 9.17) is 5.11 Å². The lowest BCUT2D eigenvalue weighted by Gasteiger charge is -2.03. The summed E-state index contributed by atoms with van der Waals surface area (Å²) in [5.41, 5.74) is 1.78. The van der Waals surface area contributed by atoms with E-state index in [0.717, 1.165) is 0 Å². The minimum absolute atomic E-state index is 0.122. The number of carbonyl (C=O) groups is 1. The molecule has 3 aromatic rings. The highest BCUT2D eigenvalue weighted by Crippen LogP contribution is 2.17. The molecule has 0 aliphatic rings. The number of para-hydroxylation sites is 2. The van der Waals surface area contributed by atoms with Crippen molar-refractivity contribution in [3.63, 3.8) is 0 Å². The normalized spacial score (nSPS) is 10.6. The molecular weight excluding hydrogens is 256 g/mol. The Labute approximate surface area is 113 Å². The molecule has 0 fully saturated rings. The highest BCUT2D eigenvalue weighted by Gasteiger charge is 2.10. The third-order valence-electron chi connectivity index (χ3n) is 2.98. The van der Waals surface area contributed by atoms with Crippen LogP contribution in [0.25, 0.3) is 22.3 Å². The lowest BCUT2D eigenvalue weighted by molar-refractivity contribution is 0.0697. The van der Waals surface area contributed by atoms with Crippen LogP contribution in [0.15, 0.2) is 53.3 Å². The van der Waals surface area contributed by atoms with Gasteiger partial charge in [-0.25, -0.2) is 9.78 Å². The van der Waals surface area contributed by atoms with Gasteiger partial charge in [-0.2, -0.15) is 0 Å². The molecule has 0 atom stereocenters. The van der Waals surface area contributed by atoms with Crippen LogP contribution in [0.2, 0.25) is 0 Å². The van der Waals surface area contributed by atoms with Gasteiger partial charge in [0.25, 0.3) is 5.56 Å². The minimum atomic E-state index is -1.04. The first kappa shape index (κ1) is 12.1. The molecule has 2 aromatic carbocycles. The quantitative estimate of drug-likeness (QED) is 0.745. The number of carboxylic acids is 1. The van der Waals surface area contributed by atoms with Gasteiger partial charge in [0.05, 0.1) is 16.6 Å². The summed E-state index contributed by atoms with van der Waals surface area (Å²) < 4.78 is 0. The number of rotatable bonds is 2. The number of aromatic amines is 1. The Morgan fingerprint density at radius 1 is 1.10 bits per heavy atom. The molecule has 5 nitrogen and oxygen atoms in total. The van der Waals surface area contributed by atoms with E-state index in [1.165, 1.54) is 12.1 Å². The van der Waals surface area contributed by atoms with E-state index in [1.54, 1.807) is 24.3 Å². The summed E-state index contributed by atoms with van der Waals surface area (Å²) >= 11 is 0. The van der Waals surface area contributed by atoms with E-state index in [1.807, 2.05) is 12.1 Å². The van der Waals surface area contributed by atoms with Crippen LogP contribution in [0.1, 0.15) is 10.4 Å². The number of nitrogens with one attached hydrogen (secondary N) is 1. The largest absolute Gasteiger partial charge is 0.478 e. The number of aromatic carboxylic acids is 1. The molecule has 98 valence electrons. The van der Waals surface area contributed by atoms with E-state index < -0.39 is 5.97 Å². The van der Waals surface area contributed by atoms with Crippen LogP contribution in [-0.2, 0) is 0 Å². The predicted molar refractivity (Wildman–Crippen MR) is 74.8 cm³/mol. The average Bonchev–Trinajstić information content (AvgIpc) is 2.46. The molecule has 0 aliphatic heterocycles. The van der Waals surface area contributed by atoms with Crippen LogP contribution >= 0.6 is 0 Å². The summed E-state index contributed by atoms with van der Waals surface area (Å²) in [4.78, 5) is 30.1. The molecule has 1 aromatic heterocycles. The van der Waals surface area contributed by atoms with E-state index in [0.29, 0.717) is 16.6 Å². The van der Waals surface area contributed by atoms with Gasteiger partial charge < -0.3 is 10.1 Å². The fourth-order valence-corrected chi connectivity index (χ4v) is 2.02. The second-order valence-electron chi connectivity index (χ2n) is 4.32. The Morgan fingerprint density at radius 2 is 1.90 bits per heavy atom. The minimum Gasteiger partial charge on any atom is -0.478 e. The molecule has 0 saturated carbocycles. The smallest absolute Gasteiger partial charge is 0.335 e. The zero-order valence-electron chi connectivity index (χ0n) is 10.3. The van der Waals surface area contributed by atoms with Gasteiger partial charge in [0.15, 0.2) is 0 Å². The first-order chi connectivity index (χ1) is 9.65. The Kier molecular flexibility index (Phi) is 2.80. The Morgan fingerprint density at radius 3 is 2.70 bits per heavy atom. The van der Waals surface area contributed by atoms with E-state index in [2.05, 4.69) is 9.97 Å². The van der Waals surface area contributed by atoms with Crippen LogP contribution in [0.4, 0.5) is 0 Å². The number of nitrogens with zero attached hydrogens (tertiary/aromatic N) is 1. The molecule has 5 heteroatoms. The SMILES string of the molecule is O=C(O)c1cccc(-c2nc3ccccc3[nH]c2=O)c1. The zero-order valence-corrected chi connectivity index (χ0v) is 10.3. The molecule has 0 radical (unpaired) electrons. The Hall–Kier alpha value is -2.95. The average molecular weight is 266 g/mol. The van der Waals surface area contributed by atoms with E-state index in [9.17, 15) is 9.59 Å². The van der Waals surface area contributed by atoms with Crippen LogP contribution in [0.5, 0.6) is 0 Å². The molecule has 0 aliphatic carbocycles. The molecule has 0 bridgehead atoms. The summed E-state index contributed by atoms with van der Waals surface area (Å²) in [6, 6.07) is 13.4. The number of hydrogen-bond acceptors (Lipinski definition) is 3. The molecule has 2 N–H and O–H groups in total. The molecule has 0 amide bonds. The van der Waals surface area contributed by atoms with Gasteiger partial charge in [-0.1, -0.05) is 24.3 Å². The van der Waals surface area contributed by atoms with Crippen LogP contribution < -0.4 is 5.56 Å². The molecule has 20 heavy (non-hydrogen) atoms. The standard InChI is InChI=1S/C15H10N2O3/c18-14-13(9-4-3-5-10(8-9)15(19)20)16-11-6-1-2-7-12(11)17-14/h1-8H,(H,17,18)(H,19,20). The van der Waals surface area contributed by atoms with Gasteiger partial charge in [-0.3, -0.25) is 4.79 Å². The van der Waals surface area contributed by atoms with Gasteiger partial charge in [0.2, 0.25) is 0 Å². The first-order valence-corrected chi connectivity index (χ1v) is 5.98. The van der Waals surface area contributed by atoms with Crippen molar-refractivity contribution in [1.29, 1.82) is 0 Å². The van der Waals surface area contributed by atoms with Crippen molar-refractivity contribution >= 4 is 17.0 Å². The number of benzene rings is 2. The van der Waals surface area contributed by atoms with Crippen molar-refractivity contribution in [2.24, 2.45) is 0 Å². The second kappa shape index (κ2) is 4.62. The summed E-state index contributed by atoms with van der Waals surface area (Å²) in [5, 5.41) is 8.99. The van der Waals surface area contributed by atoms with Gasteiger partial charge in [-0.05, 0) is 24.3 Å². The molecule has 3 rings (SSSR count). The molecule has 0 saturated heterocycles. The molecule has 0 unspecified atom stereocenters. The maximum absolute atomic E-state index is 12.0. The molecule has 1 heterocycles. The third-order valence-corrected chi connectivity index (χ3v) is 2.98.